The molecule has 0 spiro atoms. The Morgan fingerprint density at radius 2 is 0.156 bits per heavy atom. The summed E-state index contributed by atoms with van der Waals surface area (Å²) in [5.41, 5.74) is 9.08. The first-order valence-electron chi connectivity index (χ1n) is 33.8. The van der Waals surface area contributed by atoms with Crippen LogP contribution in [0.1, 0.15) is 13.8 Å². The number of amides is 2. The first-order chi connectivity index (χ1) is 66.8. The van der Waals surface area contributed by atoms with Crippen molar-refractivity contribution in [1.29, 1.82) is 0 Å². The molecule has 60 heteroatoms. The predicted octanol–water partition coefficient (Wildman–Crippen LogP) is 7.14. The third-order valence-corrected chi connectivity index (χ3v) is 5.29. The van der Waals surface area contributed by atoms with Crippen LogP contribution in [-0.4, -0.2) is 324 Å². The average Bonchev–Trinajstić information content (AvgIpc) is 1.18. The van der Waals surface area contributed by atoms with Crippen LogP contribution in [0.15, 0.2) is 342 Å². The molecule has 828 valence electrons. The number of carboxylic acid groups (broad SMARTS) is 27. The summed E-state index contributed by atoms with van der Waals surface area (Å²) >= 11 is 0. The van der Waals surface area contributed by atoms with Gasteiger partial charge < -0.3 is 159 Å². The molecule has 0 aliphatic carbocycles. The van der Waals surface area contributed by atoms with Gasteiger partial charge in [-0.25, -0.2) is 139 Å². The highest BCUT2D eigenvalue weighted by Crippen LogP contribution is 1.70. The van der Waals surface area contributed by atoms with Crippen LogP contribution >= 0.6 is 0 Å². The SMILES string of the molecule is C=CC(=O)O.C=CC(=O)O.C=CC(=O)O.C=CC(=O)O.C=CC(=O)O.C=CC(=O)O.C=CC(=O)O.C=CC(=O)O.C=CC(=O)O.C=CC(=O)O.C=CC(=O)O.C=CC(=O)O.C=CC(=O)O.C=CC(=O)O.C=CC(=O)O.C=CC(=O)O.C=CC(=O)O.C=CC(=O)O.C=CC(=O)O.C=CC(=O)O.C=CC(=O)O.C=CC(=O)O.C=CC(=O)O.C=CC(=O)O.C=CC(=O)O.C=CC(=O)O.C=CC(=O)O.CCOC(N)=O.CCOC(N)=O. The topological polar surface area (TPSA) is 1110 Å². The van der Waals surface area contributed by atoms with Crippen molar-refractivity contribution in [3.63, 3.8) is 0 Å². The molecule has 0 radical (unpaired) electrons. The molecule has 0 unspecified atom stereocenters. The molecule has 0 aliphatic heterocycles. The van der Waals surface area contributed by atoms with Crippen LogP contribution in [0.3, 0.4) is 0 Å². The molecule has 147 heavy (non-hydrogen) atoms. The average molecular weight is 2120 g/mol. The fourth-order valence-corrected chi connectivity index (χ4v) is 0.285. The highest BCUT2D eigenvalue weighted by molar-refractivity contribution is 5.86. The molecular weight excluding hydrogens is 2000 g/mol. The molecule has 0 rings (SSSR count). The van der Waals surface area contributed by atoms with Crippen LogP contribution in [-0.2, 0) is 139 Å². The van der Waals surface area contributed by atoms with Crippen molar-refractivity contribution in [2.75, 3.05) is 13.2 Å². The minimum absolute atomic E-state index is 0.356. The van der Waals surface area contributed by atoms with E-state index in [1.807, 2.05) is 0 Å². The van der Waals surface area contributed by atoms with Crippen LogP contribution in [0.4, 0.5) is 9.59 Å². The number of primary amides is 2. The molecule has 2 amide bonds. The lowest BCUT2D eigenvalue weighted by Gasteiger charge is -1.89. The lowest BCUT2D eigenvalue weighted by Crippen LogP contribution is -2.11. The smallest absolute Gasteiger partial charge is 0.404 e. The minimum Gasteiger partial charge on any atom is -0.478 e. The van der Waals surface area contributed by atoms with E-state index in [9.17, 15) is 139 Å². The van der Waals surface area contributed by atoms with Gasteiger partial charge in [0.1, 0.15) is 0 Å². The number of hydrogen-bond donors (Lipinski definition) is 29. The molecular formula is C87H122N2O58. The highest BCUT2D eigenvalue weighted by atomic mass is 16.6. The van der Waals surface area contributed by atoms with Crippen molar-refractivity contribution in [3.8, 4) is 0 Å². The molecule has 0 fully saturated rings. The van der Waals surface area contributed by atoms with Gasteiger partial charge in [0.15, 0.2) is 0 Å². The van der Waals surface area contributed by atoms with Gasteiger partial charge in [0, 0.05) is 164 Å². The maximum Gasteiger partial charge on any atom is 0.404 e. The number of carbonyl (C=O) groups is 29. The summed E-state index contributed by atoms with van der Waals surface area (Å²) in [5, 5.41) is 205. The zero-order valence-corrected chi connectivity index (χ0v) is 78.5. The summed E-state index contributed by atoms with van der Waals surface area (Å²) in [6, 6.07) is 0. The summed E-state index contributed by atoms with van der Waals surface area (Å²) < 4.78 is 8.36. The Hall–Kier alpha value is -22.8. The van der Waals surface area contributed by atoms with Gasteiger partial charge in [-0.15, -0.1) is 0 Å². The summed E-state index contributed by atoms with van der Waals surface area (Å²) in [6.45, 7) is 84.0. The number of hydrogen-bond acceptors (Lipinski definition) is 31. The Bertz CT molecular complexity index is 2970. The van der Waals surface area contributed by atoms with Gasteiger partial charge in [0.2, 0.25) is 0 Å². The number of carboxylic acids is 27. The van der Waals surface area contributed by atoms with Gasteiger partial charge in [-0.05, 0) is 13.8 Å². The number of carbonyl (C=O) groups excluding carboxylic acids is 2. The van der Waals surface area contributed by atoms with E-state index < -0.39 is 173 Å². The summed E-state index contributed by atoms with van der Waals surface area (Å²) in [5.74, 6) is -26.5. The van der Waals surface area contributed by atoms with E-state index in [0.717, 1.165) is 164 Å². The van der Waals surface area contributed by atoms with Crippen molar-refractivity contribution in [2.24, 2.45) is 11.5 Å². The molecule has 0 aromatic heterocycles. The van der Waals surface area contributed by atoms with E-state index in [4.69, 9.17) is 138 Å². The maximum absolute atomic E-state index is 9.60. The van der Waals surface area contributed by atoms with Gasteiger partial charge in [0.05, 0.1) is 13.2 Å². The summed E-state index contributed by atoms with van der Waals surface area (Å²) in [4.78, 5) is 269. The van der Waals surface area contributed by atoms with E-state index in [1.165, 1.54) is 0 Å². The van der Waals surface area contributed by atoms with Crippen molar-refractivity contribution >= 4 is 173 Å². The second-order valence-electron chi connectivity index (χ2n) is 16.1. The first kappa shape index (κ1) is 208. The Morgan fingerprint density at radius 3 is 0.156 bits per heavy atom. The molecule has 0 saturated carbocycles. The van der Waals surface area contributed by atoms with Gasteiger partial charge in [-0.1, -0.05) is 178 Å². The van der Waals surface area contributed by atoms with E-state index in [-0.39, 0.29) is 0 Å². The normalized spacial score (nSPS) is 6.49. The molecule has 0 bridgehead atoms. The van der Waals surface area contributed by atoms with Crippen molar-refractivity contribution in [2.45, 2.75) is 13.8 Å². The van der Waals surface area contributed by atoms with Crippen molar-refractivity contribution in [3.05, 3.63) is 342 Å². The van der Waals surface area contributed by atoms with E-state index in [2.05, 4.69) is 199 Å². The number of nitrogens with two attached hydrogens (primary N) is 2. The quantitative estimate of drug-likeness (QED) is 0.0331. The van der Waals surface area contributed by atoms with Crippen LogP contribution in [0, 0.1) is 0 Å². The molecule has 31 N–H and O–H groups in total. The second-order valence-corrected chi connectivity index (χ2v) is 16.1. The standard InChI is InChI=1S/2C3H7NO2.27C3H4O2/c2*1-2-6-3(4)5;27*1-2-3(4)5/h2*2H2,1H3,(H2,4,5);27*2H,1H2,(H,4,5). The van der Waals surface area contributed by atoms with E-state index in [0.29, 0.717) is 13.2 Å². The first-order valence-corrected chi connectivity index (χ1v) is 33.8. The second kappa shape index (κ2) is 203. The molecule has 60 nitrogen and oxygen atoms in total. The highest BCUT2D eigenvalue weighted by Gasteiger charge is 1.87. The lowest BCUT2D eigenvalue weighted by atomic mass is 10.7. The molecule has 0 aliphatic rings. The largest absolute Gasteiger partial charge is 0.478 e. The van der Waals surface area contributed by atoms with Crippen LogP contribution in [0.5, 0.6) is 0 Å². The van der Waals surface area contributed by atoms with Gasteiger partial charge >= 0.3 is 173 Å². The lowest BCUT2D eigenvalue weighted by molar-refractivity contribution is -0.132. The van der Waals surface area contributed by atoms with Crippen LogP contribution in [0.25, 0.3) is 0 Å². The van der Waals surface area contributed by atoms with E-state index >= 15 is 0 Å². The van der Waals surface area contributed by atoms with Crippen LogP contribution in [0.2, 0.25) is 0 Å². The monoisotopic (exact) mass is 2120 g/mol. The zero-order valence-electron chi connectivity index (χ0n) is 78.5. The van der Waals surface area contributed by atoms with E-state index in [1.54, 1.807) is 13.8 Å². The Balaban J connectivity index is -0.0000000363. The van der Waals surface area contributed by atoms with Crippen LogP contribution < -0.4 is 11.5 Å². The van der Waals surface area contributed by atoms with Crippen molar-refractivity contribution in [1.82, 2.24) is 0 Å². The third kappa shape index (κ3) is 1310. The molecule has 0 heterocycles. The third-order valence-electron chi connectivity index (χ3n) is 5.29. The Labute approximate surface area is 837 Å². The number of rotatable bonds is 29. The fourth-order valence-electron chi connectivity index (χ4n) is 0.285. The molecule has 0 atom stereocenters. The van der Waals surface area contributed by atoms with Gasteiger partial charge in [-0.2, -0.15) is 0 Å². The summed E-state index contributed by atoms with van der Waals surface area (Å²) in [6.07, 6.45) is 21.1. The zero-order chi connectivity index (χ0) is 126. The number of aliphatic carboxylic acids is 27. The predicted molar refractivity (Wildman–Crippen MR) is 524 cm³/mol. The van der Waals surface area contributed by atoms with Crippen molar-refractivity contribution < 1.29 is 286 Å². The Morgan fingerprint density at radius 1 is 0.129 bits per heavy atom. The number of ether oxygens (including phenoxy) is 2. The minimum atomic E-state index is -0.981. The molecule has 0 saturated heterocycles. The molecule has 0 aromatic rings. The molecule has 0 aromatic carbocycles. The summed E-state index contributed by atoms with van der Waals surface area (Å²) in [7, 11) is 0. The van der Waals surface area contributed by atoms with Gasteiger partial charge in [-0.3, -0.25) is 0 Å². The van der Waals surface area contributed by atoms with Gasteiger partial charge in [0.25, 0.3) is 0 Å². The fraction of sp³-hybridized carbons (Fsp3) is 0.0460. The Kier molecular flexibility index (Phi) is 287. The maximum atomic E-state index is 9.60.